The fraction of sp³-hybridized carbons (Fsp3) is 0.417. The lowest BCUT2D eigenvalue weighted by molar-refractivity contribution is 0.834. The second kappa shape index (κ2) is 3.84. The van der Waals surface area contributed by atoms with Crippen LogP contribution in [0.15, 0.2) is 18.5 Å². The summed E-state index contributed by atoms with van der Waals surface area (Å²) < 4.78 is 1.98. The molecule has 0 radical (unpaired) electrons. The van der Waals surface area contributed by atoms with Gasteiger partial charge in [0.2, 0.25) is 0 Å². The summed E-state index contributed by atoms with van der Waals surface area (Å²) in [5.41, 5.74) is 5.84. The highest BCUT2D eigenvalue weighted by Crippen LogP contribution is 2.38. The Morgan fingerprint density at radius 3 is 2.94 bits per heavy atom. The number of nitrogens with zero attached hydrogens (tertiary/aromatic N) is 4. The van der Waals surface area contributed by atoms with E-state index in [2.05, 4.69) is 21.9 Å². The summed E-state index contributed by atoms with van der Waals surface area (Å²) in [7, 11) is 0. The molecule has 1 aliphatic carbocycles. The average Bonchev–Trinajstić information content (AvgIpc) is 3.06. The largest absolute Gasteiger partial charge is 0.384 e. The van der Waals surface area contributed by atoms with Gasteiger partial charge in [-0.25, -0.2) is 15.0 Å². The van der Waals surface area contributed by atoms with Crippen LogP contribution >= 0.6 is 0 Å². The number of anilines is 1. The van der Waals surface area contributed by atoms with Crippen molar-refractivity contribution in [2.45, 2.75) is 32.1 Å². The molecule has 2 aromatic heterocycles. The highest BCUT2D eigenvalue weighted by molar-refractivity contribution is 5.39. The quantitative estimate of drug-likeness (QED) is 0.869. The molecule has 0 amide bonds. The van der Waals surface area contributed by atoms with Gasteiger partial charge in [-0.05, 0) is 12.8 Å². The highest BCUT2D eigenvalue weighted by Gasteiger charge is 2.27. The van der Waals surface area contributed by atoms with Crippen LogP contribution in [0, 0.1) is 0 Å². The van der Waals surface area contributed by atoms with Crippen molar-refractivity contribution in [3.05, 3.63) is 30.1 Å². The van der Waals surface area contributed by atoms with E-state index in [1.54, 1.807) is 12.3 Å². The van der Waals surface area contributed by atoms with Gasteiger partial charge in [-0.15, -0.1) is 0 Å². The first-order valence-corrected chi connectivity index (χ1v) is 5.95. The standard InChI is InChI=1S/C12H15N5/c1-2-10-14-5-6-17(10)11-7-9(13)15-12(16-11)8-3-4-8/h5-8H,2-4H2,1H3,(H2,13,15,16). The van der Waals surface area contributed by atoms with Gasteiger partial charge in [-0.2, -0.15) is 0 Å². The van der Waals surface area contributed by atoms with Gasteiger partial charge in [-0.1, -0.05) is 6.92 Å². The van der Waals surface area contributed by atoms with Gasteiger partial charge in [0.15, 0.2) is 0 Å². The van der Waals surface area contributed by atoms with Gasteiger partial charge in [0.25, 0.3) is 0 Å². The Labute approximate surface area is 99.7 Å². The molecule has 1 aliphatic rings. The zero-order valence-corrected chi connectivity index (χ0v) is 9.80. The van der Waals surface area contributed by atoms with Crippen LogP contribution in [0.3, 0.4) is 0 Å². The summed E-state index contributed by atoms with van der Waals surface area (Å²) in [6.45, 7) is 2.07. The van der Waals surface area contributed by atoms with Crippen molar-refractivity contribution in [3.63, 3.8) is 0 Å². The number of aryl methyl sites for hydroxylation is 1. The average molecular weight is 229 g/mol. The van der Waals surface area contributed by atoms with E-state index in [1.807, 2.05) is 10.8 Å². The minimum atomic E-state index is 0.505. The summed E-state index contributed by atoms with van der Waals surface area (Å²) in [5, 5.41) is 0. The first-order valence-electron chi connectivity index (χ1n) is 5.95. The van der Waals surface area contributed by atoms with E-state index in [1.165, 1.54) is 12.8 Å². The second-order valence-electron chi connectivity index (χ2n) is 4.35. The number of rotatable bonds is 3. The predicted molar refractivity (Wildman–Crippen MR) is 64.9 cm³/mol. The lowest BCUT2D eigenvalue weighted by atomic mass is 10.3. The molecule has 88 valence electrons. The molecule has 2 heterocycles. The zero-order chi connectivity index (χ0) is 11.8. The van der Waals surface area contributed by atoms with E-state index in [9.17, 15) is 0 Å². The summed E-state index contributed by atoms with van der Waals surface area (Å²) in [5.74, 6) is 3.73. The molecule has 2 aromatic rings. The third-order valence-corrected chi connectivity index (χ3v) is 2.97. The van der Waals surface area contributed by atoms with Crippen molar-refractivity contribution in [1.82, 2.24) is 19.5 Å². The van der Waals surface area contributed by atoms with Crippen molar-refractivity contribution in [2.24, 2.45) is 0 Å². The lowest BCUT2D eigenvalue weighted by Gasteiger charge is -2.08. The van der Waals surface area contributed by atoms with Crippen molar-refractivity contribution in [1.29, 1.82) is 0 Å². The number of aromatic nitrogens is 4. The number of hydrogen-bond donors (Lipinski definition) is 1. The Kier molecular flexibility index (Phi) is 2.31. The maximum Gasteiger partial charge on any atom is 0.143 e. The summed E-state index contributed by atoms with van der Waals surface area (Å²) in [4.78, 5) is 13.2. The third-order valence-electron chi connectivity index (χ3n) is 2.97. The van der Waals surface area contributed by atoms with Crippen LogP contribution in [-0.4, -0.2) is 19.5 Å². The molecule has 0 bridgehead atoms. The number of nitrogen functional groups attached to an aromatic ring is 1. The number of imidazole rings is 1. The van der Waals surface area contributed by atoms with Crippen LogP contribution < -0.4 is 5.73 Å². The zero-order valence-electron chi connectivity index (χ0n) is 9.80. The van der Waals surface area contributed by atoms with Crippen LogP contribution in [0.4, 0.5) is 5.82 Å². The normalized spacial score (nSPS) is 15.1. The Hall–Kier alpha value is -1.91. The van der Waals surface area contributed by atoms with Crippen LogP contribution in [-0.2, 0) is 6.42 Å². The lowest BCUT2D eigenvalue weighted by Crippen LogP contribution is -2.07. The Morgan fingerprint density at radius 1 is 1.41 bits per heavy atom. The van der Waals surface area contributed by atoms with E-state index < -0.39 is 0 Å². The van der Waals surface area contributed by atoms with Crippen molar-refractivity contribution in [3.8, 4) is 5.82 Å². The smallest absolute Gasteiger partial charge is 0.143 e. The molecule has 5 heteroatoms. The SMILES string of the molecule is CCc1nccn1-c1cc(N)nc(C2CC2)n1. The van der Waals surface area contributed by atoms with Gasteiger partial charge < -0.3 is 5.73 Å². The molecule has 1 saturated carbocycles. The fourth-order valence-corrected chi connectivity index (χ4v) is 1.92. The molecule has 17 heavy (non-hydrogen) atoms. The maximum atomic E-state index is 5.84. The van der Waals surface area contributed by atoms with Gasteiger partial charge in [0, 0.05) is 30.8 Å². The first kappa shape index (κ1) is 10.3. The summed E-state index contributed by atoms with van der Waals surface area (Å²) in [6.07, 6.45) is 6.92. The maximum absolute atomic E-state index is 5.84. The molecular formula is C12H15N5. The van der Waals surface area contributed by atoms with Crippen molar-refractivity contribution < 1.29 is 0 Å². The second-order valence-corrected chi connectivity index (χ2v) is 4.35. The molecule has 0 atom stereocenters. The van der Waals surface area contributed by atoms with E-state index in [-0.39, 0.29) is 0 Å². The number of nitrogens with two attached hydrogens (primary N) is 1. The number of hydrogen-bond acceptors (Lipinski definition) is 4. The van der Waals surface area contributed by atoms with E-state index in [4.69, 9.17) is 5.73 Å². The molecule has 0 unspecified atom stereocenters. The monoisotopic (exact) mass is 229 g/mol. The molecule has 0 aliphatic heterocycles. The van der Waals surface area contributed by atoms with Gasteiger partial charge in [0.05, 0.1) is 0 Å². The van der Waals surface area contributed by atoms with Crippen LogP contribution in [0.2, 0.25) is 0 Å². The highest BCUT2D eigenvalue weighted by atomic mass is 15.1. The van der Waals surface area contributed by atoms with E-state index in [0.29, 0.717) is 11.7 Å². The topological polar surface area (TPSA) is 69.6 Å². The molecule has 5 nitrogen and oxygen atoms in total. The van der Waals surface area contributed by atoms with Gasteiger partial charge in [0.1, 0.15) is 23.3 Å². The Morgan fingerprint density at radius 2 is 2.24 bits per heavy atom. The van der Waals surface area contributed by atoms with Crippen LogP contribution in [0.25, 0.3) is 5.82 Å². The predicted octanol–water partition coefficient (Wildman–Crippen LogP) is 1.68. The molecule has 0 aromatic carbocycles. The van der Waals surface area contributed by atoms with E-state index in [0.717, 1.165) is 23.9 Å². The molecule has 0 saturated heterocycles. The molecule has 2 N–H and O–H groups in total. The summed E-state index contributed by atoms with van der Waals surface area (Å²) in [6, 6.07) is 1.80. The molecule has 3 rings (SSSR count). The van der Waals surface area contributed by atoms with Crippen molar-refractivity contribution in [2.75, 3.05) is 5.73 Å². The Balaban J connectivity index is 2.07. The summed E-state index contributed by atoms with van der Waals surface area (Å²) >= 11 is 0. The molecule has 0 spiro atoms. The molecular weight excluding hydrogens is 214 g/mol. The van der Waals surface area contributed by atoms with Crippen molar-refractivity contribution >= 4 is 5.82 Å². The fourth-order valence-electron chi connectivity index (χ4n) is 1.92. The molecule has 1 fully saturated rings. The Bertz CT molecular complexity index is 542. The third kappa shape index (κ3) is 1.88. The van der Waals surface area contributed by atoms with Gasteiger partial charge >= 0.3 is 0 Å². The minimum Gasteiger partial charge on any atom is -0.384 e. The first-order chi connectivity index (χ1) is 8.28. The van der Waals surface area contributed by atoms with E-state index >= 15 is 0 Å². The minimum absolute atomic E-state index is 0.505. The van der Waals surface area contributed by atoms with Crippen LogP contribution in [0.5, 0.6) is 0 Å². The van der Waals surface area contributed by atoms with Crippen LogP contribution in [0.1, 0.15) is 37.3 Å². The van der Waals surface area contributed by atoms with Gasteiger partial charge in [-0.3, -0.25) is 4.57 Å².